The highest BCUT2D eigenvalue weighted by atomic mass is 32.2. The van der Waals surface area contributed by atoms with Gasteiger partial charge in [0, 0.05) is 38.9 Å². The first-order chi connectivity index (χ1) is 11.9. The average molecular weight is 369 g/mol. The largest absolute Gasteiger partial charge is 0.384 e. The summed E-state index contributed by atoms with van der Waals surface area (Å²) in [5, 5.41) is 0. The van der Waals surface area contributed by atoms with E-state index in [2.05, 4.69) is 26.2 Å². The molecule has 0 bridgehead atoms. The van der Waals surface area contributed by atoms with Crippen molar-refractivity contribution in [3.63, 3.8) is 0 Å². The molecule has 0 aliphatic carbocycles. The summed E-state index contributed by atoms with van der Waals surface area (Å²) in [5.41, 5.74) is 1.24. The molecule has 0 radical (unpaired) electrons. The zero-order valence-corrected chi connectivity index (χ0v) is 16.4. The van der Waals surface area contributed by atoms with Gasteiger partial charge < -0.3 is 4.74 Å². The van der Waals surface area contributed by atoms with Crippen LogP contribution in [0.4, 0.5) is 0 Å². The molecule has 0 aromatic rings. The number of nitrogens with zero attached hydrogens (tertiary/aromatic N) is 2. The van der Waals surface area contributed by atoms with Crippen LogP contribution in [0.2, 0.25) is 0 Å². The Balaban J connectivity index is 2.23. The Morgan fingerprint density at radius 3 is 2.44 bits per heavy atom. The molecule has 2 aliphatic rings. The van der Waals surface area contributed by atoms with Crippen LogP contribution in [0.1, 0.15) is 39.0 Å². The van der Waals surface area contributed by atoms with Crippen LogP contribution in [-0.2, 0) is 14.9 Å². The second kappa shape index (κ2) is 9.12. The number of hydrogen-bond acceptors (Lipinski definition) is 3. The van der Waals surface area contributed by atoms with Gasteiger partial charge in [0.25, 0.3) is 10.2 Å². The second-order valence-electron chi connectivity index (χ2n) is 7.12. The van der Waals surface area contributed by atoms with Crippen molar-refractivity contribution in [1.82, 2.24) is 8.61 Å². The summed E-state index contributed by atoms with van der Waals surface area (Å²) in [6.45, 7) is 11.5. The Morgan fingerprint density at radius 2 is 1.88 bits per heavy atom. The van der Waals surface area contributed by atoms with Crippen molar-refractivity contribution in [2.75, 3.05) is 26.8 Å². The lowest BCUT2D eigenvalue weighted by Gasteiger charge is -2.43. The third-order valence-electron chi connectivity index (χ3n) is 5.14. The number of methoxy groups -OCH3 is 1. The maximum absolute atomic E-state index is 13.4. The zero-order valence-electron chi connectivity index (χ0n) is 15.6. The Hall–Kier alpha value is -0.950. The van der Waals surface area contributed by atoms with Crippen molar-refractivity contribution in [3.8, 4) is 0 Å². The summed E-state index contributed by atoms with van der Waals surface area (Å²) in [7, 11) is -1.80. The van der Waals surface area contributed by atoms with Gasteiger partial charge >= 0.3 is 0 Å². The highest BCUT2D eigenvalue weighted by Gasteiger charge is 2.41. The number of hydrogen-bond donors (Lipinski definition) is 0. The van der Waals surface area contributed by atoms with E-state index in [-0.39, 0.29) is 12.1 Å². The van der Waals surface area contributed by atoms with Gasteiger partial charge in [-0.1, -0.05) is 23.8 Å². The molecule has 142 valence electrons. The van der Waals surface area contributed by atoms with Crippen molar-refractivity contribution in [1.29, 1.82) is 0 Å². The van der Waals surface area contributed by atoms with Crippen LogP contribution in [0.15, 0.2) is 37.0 Å². The lowest BCUT2D eigenvalue weighted by molar-refractivity contribution is 0.118. The van der Waals surface area contributed by atoms with Crippen LogP contribution in [0.5, 0.6) is 0 Å². The van der Waals surface area contributed by atoms with Gasteiger partial charge in [-0.3, -0.25) is 0 Å². The lowest BCUT2D eigenvalue weighted by atomic mass is 9.95. The average Bonchev–Trinajstić information content (AvgIpc) is 2.55. The molecular formula is C19H32N2O3S. The number of ether oxygens (including phenoxy) is 1. The zero-order chi connectivity index (χ0) is 18.4. The van der Waals surface area contributed by atoms with E-state index < -0.39 is 10.2 Å². The maximum Gasteiger partial charge on any atom is 0.282 e. The first kappa shape index (κ1) is 20.4. The smallest absolute Gasteiger partial charge is 0.282 e. The SMILES string of the molecule is C=CC[C@H]1CC(C)=C[C@H](CC=C)N1S(=O)(=O)N1CCC(COC)CC1. The van der Waals surface area contributed by atoms with Crippen LogP contribution in [-0.4, -0.2) is 55.9 Å². The van der Waals surface area contributed by atoms with Crippen LogP contribution in [0.3, 0.4) is 0 Å². The molecule has 0 saturated carbocycles. The molecule has 2 aliphatic heterocycles. The van der Waals surface area contributed by atoms with Gasteiger partial charge in [0.15, 0.2) is 0 Å². The minimum atomic E-state index is -3.50. The molecular weight excluding hydrogens is 336 g/mol. The standard InChI is InChI=1S/C19H32N2O3S/c1-5-7-18-13-16(3)14-19(8-6-2)21(18)25(22,23)20-11-9-17(10-12-20)15-24-4/h5-6,13,17-19H,1-2,7-12,14-15H2,3-4H3/t18-,19-/m0/s1. The number of piperidine rings is 1. The fraction of sp³-hybridized carbons (Fsp3) is 0.684. The predicted molar refractivity (Wildman–Crippen MR) is 103 cm³/mol. The van der Waals surface area contributed by atoms with Crippen LogP contribution < -0.4 is 0 Å². The lowest BCUT2D eigenvalue weighted by Crippen LogP contribution is -2.55. The van der Waals surface area contributed by atoms with E-state index in [1.807, 2.05) is 6.08 Å². The normalized spacial score (nSPS) is 27.0. The van der Waals surface area contributed by atoms with E-state index in [4.69, 9.17) is 4.74 Å². The molecule has 0 N–H and O–H groups in total. The van der Waals surface area contributed by atoms with E-state index in [9.17, 15) is 8.42 Å². The molecule has 6 heteroatoms. The fourth-order valence-corrected chi connectivity index (χ4v) is 5.93. The molecule has 0 aromatic carbocycles. The minimum Gasteiger partial charge on any atom is -0.384 e. The molecule has 0 unspecified atom stereocenters. The van der Waals surface area contributed by atoms with E-state index in [0.29, 0.717) is 38.5 Å². The minimum absolute atomic E-state index is 0.0610. The van der Waals surface area contributed by atoms with Gasteiger partial charge in [-0.05, 0) is 44.9 Å². The van der Waals surface area contributed by atoms with Gasteiger partial charge in [0.2, 0.25) is 0 Å². The van der Waals surface area contributed by atoms with Crippen LogP contribution >= 0.6 is 0 Å². The molecule has 0 amide bonds. The third kappa shape index (κ3) is 4.82. The topological polar surface area (TPSA) is 49.9 Å². The summed E-state index contributed by atoms with van der Waals surface area (Å²) < 4.78 is 35.4. The van der Waals surface area contributed by atoms with Crippen LogP contribution in [0, 0.1) is 5.92 Å². The first-order valence-electron chi connectivity index (χ1n) is 9.10. The molecule has 2 atom stereocenters. The summed E-state index contributed by atoms with van der Waals surface area (Å²) in [5.74, 6) is 0.452. The Morgan fingerprint density at radius 1 is 1.24 bits per heavy atom. The molecule has 1 saturated heterocycles. The van der Waals surface area contributed by atoms with E-state index in [0.717, 1.165) is 19.3 Å². The molecule has 2 heterocycles. The van der Waals surface area contributed by atoms with Gasteiger partial charge in [0.1, 0.15) is 0 Å². The van der Waals surface area contributed by atoms with E-state index in [1.54, 1.807) is 21.8 Å². The van der Waals surface area contributed by atoms with Gasteiger partial charge in [-0.15, -0.1) is 13.2 Å². The Bertz CT molecular complexity index is 592. The predicted octanol–water partition coefficient (Wildman–Crippen LogP) is 3.13. The molecule has 0 aromatic heterocycles. The summed E-state index contributed by atoms with van der Waals surface area (Å²) in [6, 6.07) is -0.216. The van der Waals surface area contributed by atoms with Crippen molar-refractivity contribution < 1.29 is 13.2 Å². The maximum atomic E-state index is 13.4. The molecule has 2 rings (SSSR count). The molecule has 5 nitrogen and oxygen atoms in total. The number of rotatable bonds is 8. The fourth-order valence-electron chi connectivity index (χ4n) is 3.96. The second-order valence-corrected chi connectivity index (χ2v) is 8.96. The quantitative estimate of drug-likeness (QED) is 0.619. The summed E-state index contributed by atoms with van der Waals surface area (Å²) >= 11 is 0. The first-order valence-corrected chi connectivity index (χ1v) is 10.5. The van der Waals surface area contributed by atoms with Gasteiger partial charge in [-0.25, -0.2) is 0 Å². The molecule has 25 heavy (non-hydrogen) atoms. The van der Waals surface area contributed by atoms with E-state index >= 15 is 0 Å². The molecule has 1 fully saturated rings. The van der Waals surface area contributed by atoms with Crippen molar-refractivity contribution >= 4 is 10.2 Å². The monoisotopic (exact) mass is 368 g/mol. The van der Waals surface area contributed by atoms with Crippen molar-refractivity contribution in [3.05, 3.63) is 37.0 Å². The Kier molecular flexibility index (Phi) is 7.43. The Labute approximate surface area is 153 Å². The third-order valence-corrected chi connectivity index (χ3v) is 7.26. The molecule has 0 spiro atoms. The van der Waals surface area contributed by atoms with E-state index in [1.165, 1.54) is 5.57 Å². The van der Waals surface area contributed by atoms with Gasteiger partial charge in [-0.2, -0.15) is 17.0 Å². The summed E-state index contributed by atoms with van der Waals surface area (Å²) in [6.07, 6.45) is 9.47. The van der Waals surface area contributed by atoms with Crippen molar-refractivity contribution in [2.24, 2.45) is 5.92 Å². The highest BCUT2D eigenvalue weighted by Crippen LogP contribution is 2.32. The van der Waals surface area contributed by atoms with Crippen LogP contribution in [0.25, 0.3) is 0 Å². The van der Waals surface area contributed by atoms with Gasteiger partial charge in [0.05, 0.1) is 0 Å². The highest BCUT2D eigenvalue weighted by molar-refractivity contribution is 7.86. The summed E-state index contributed by atoms with van der Waals surface area (Å²) in [4.78, 5) is 0. The van der Waals surface area contributed by atoms with Crippen molar-refractivity contribution in [2.45, 2.75) is 51.1 Å².